The van der Waals surface area contributed by atoms with E-state index < -0.39 is 0 Å². The van der Waals surface area contributed by atoms with Crippen LogP contribution >= 0.6 is 0 Å². The molecule has 1 nitrogen and oxygen atoms in total. The molecule has 0 amide bonds. The molecule has 0 bridgehead atoms. The molecule has 0 aromatic heterocycles. The molecule has 2 aromatic rings. The number of allylic oxidation sites excluding steroid dienone is 1. The summed E-state index contributed by atoms with van der Waals surface area (Å²) in [5.74, 6) is 2.27. The molecule has 2 heteroatoms. The van der Waals surface area contributed by atoms with Gasteiger partial charge in [0.2, 0.25) is 0 Å². The van der Waals surface area contributed by atoms with E-state index in [4.69, 9.17) is 4.74 Å². The zero-order chi connectivity index (χ0) is 20.3. The highest BCUT2D eigenvalue weighted by Crippen LogP contribution is 2.37. The first kappa shape index (κ1) is 21.6. The van der Waals surface area contributed by atoms with Gasteiger partial charge in [0.1, 0.15) is 5.75 Å². The smallest absolute Gasteiger partial charge is 0.119 e. The van der Waals surface area contributed by atoms with Gasteiger partial charge in [-0.1, -0.05) is 68.7 Å². The standard InChI is InChI=1S/C27H35FO/c1-2-3-4-5-21-29-27-18-16-26(17-19-27)25-14-12-24(13-15-25)23-10-8-22(9-11-23)7-6-20-28/h6,12-20,22-23H,2-5,7-11,21H2,1H3/b20-6+. The molecule has 0 unspecified atom stereocenters. The third-order valence-corrected chi connectivity index (χ3v) is 6.24. The quantitative estimate of drug-likeness (QED) is 0.367. The van der Waals surface area contributed by atoms with E-state index in [1.165, 1.54) is 61.6 Å². The van der Waals surface area contributed by atoms with Crippen molar-refractivity contribution < 1.29 is 9.13 Å². The van der Waals surface area contributed by atoms with Crippen molar-refractivity contribution in [3.05, 3.63) is 66.5 Å². The molecule has 0 spiro atoms. The van der Waals surface area contributed by atoms with E-state index in [9.17, 15) is 4.39 Å². The Morgan fingerprint density at radius 3 is 2.14 bits per heavy atom. The summed E-state index contributed by atoms with van der Waals surface area (Å²) < 4.78 is 18.0. The summed E-state index contributed by atoms with van der Waals surface area (Å²) in [7, 11) is 0. The van der Waals surface area contributed by atoms with Gasteiger partial charge in [-0.25, -0.2) is 4.39 Å². The maximum Gasteiger partial charge on any atom is 0.119 e. The van der Waals surface area contributed by atoms with Crippen molar-refractivity contribution in [2.75, 3.05) is 6.61 Å². The molecule has 0 aliphatic heterocycles. The fourth-order valence-corrected chi connectivity index (χ4v) is 4.39. The molecule has 1 saturated carbocycles. The normalized spacial score (nSPS) is 19.5. The van der Waals surface area contributed by atoms with Crippen molar-refractivity contribution >= 4 is 0 Å². The second-order valence-corrected chi connectivity index (χ2v) is 8.37. The summed E-state index contributed by atoms with van der Waals surface area (Å²) in [4.78, 5) is 0. The summed E-state index contributed by atoms with van der Waals surface area (Å²) in [5.41, 5.74) is 3.93. The molecule has 0 radical (unpaired) electrons. The van der Waals surface area contributed by atoms with Crippen LogP contribution in [0.15, 0.2) is 60.9 Å². The van der Waals surface area contributed by atoms with Gasteiger partial charge in [0, 0.05) is 0 Å². The number of rotatable bonds is 10. The fourth-order valence-electron chi connectivity index (χ4n) is 4.39. The monoisotopic (exact) mass is 394 g/mol. The van der Waals surface area contributed by atoms with Crippen LogP contribution in [0.4, 0.5) is 4.39 Å². The summed E-state index contributed by atoms with van der Waals surface area (Å²) in [5, 5.41) is 0. The molecule has 1 aliphatic carbocycles. The van der Waals surface area contributed by atoms with Crippen molar-refractivity contribution in [3.8, 4) is 16.9 Å². The number of hydrogen-bond acceptors (Lipinski definition) is 1. The lowest BCUT2D eigenvalue weighted by atomic mass is 9.77. The summed E-state index contributed by atoms with van der Waals surface area (Å²) in [6, 6.07) is 17.5. The van der Waals surface area contributed by atoms with Gasteiger partial charge in [-0.15, -0.1) is 0 Å². The predicted molar refractivity (Wildman–Crippen MR) is 121 cm³/mol. The van der Waals surface area contributed by atoms with Crippen LogP contribution in [0.3, 0.4) is 0 Å². The number of ether oxygens (including phenoxy) is 1. The van der Waals surface area contributed by atoms with Gasteiger partial charge < -0.3 is 4.74 Å². The predicted octanol–water partition coefficient (Wildman–Crippen LogP) is 8.46. The first-order valence-electron chi connectivity index (χ1n) is 11.4. The van der Waals surface area contributed by atoms with Gasteiger partial charge in [-0.2, -0.15) is 0 Å². The SMILES string of the molecule is CCCCCCOc1ccc(-c2ccc(C3CCC(C/C=C/F)CC3)cc2)cc1. The maximum absolute atomic E-state index is 12.2. The molecule has 29 heavy (non-hydrogen) atoms. The molecule has 0 heterocycles. The molecular weight excluding hydrogens is 359 g/mol. The van der Waals surface area contributed by atoms with E-state index in [-0.39, 0.29) is 0 Å². The molecule has 3 rings (SSSR count). The van der Waals surface area contributed by atoms with E-state index in [1.54, 1.807) is 6.08 Å². The maximum atomic E-state index is 12.2. The Morgan fingerprint density at radius 1 is 0.862 bits per heavy atom. The first-order valence-corrected chi connectivity index (χ1v) is 11.4. The van der Waals surface area contributed by atoms with Crippen LogP contribution in [0.25, 0.3) is 11.1 Å². The Balaban J connectivity index is 1.50. The highest BCUT2D eigenvalue weighted by molar-refractivity contribution is 5.64. The topological polar surface area (TPSA) is 9.23 Å². The Kier molecular flexibility index (Phi) is 8.80. The number of benzene rings is 2. The lowest BCUT2D eigenvalue weighted by Crippen LogP contribution is -2.12. The summed E-state index contributed by atoms with van der Waals surface area (Å²) >= 11 is 0. The van der Waals surface area contributed by atoms with Gasteiger partial charge in [0.25, 0.3) is 0 Å². The van der Waals surface area contributed by atoms with Crippen molar-refractivity contribution in [1.29, 1.82) is 0 Å². The van der Waals surface area contributed by atoms with Crippen LogP contribution in [0, 0.1) is 5.92 Å². The van der Waals surface area contributed by atoms with Crippen molar-refractivity contribution in [3.63, 3.8) is 0 Å². The van der Waals surface area contributed by atoms with E-state index in [1.807, 2.05) is 0 Å². The molecule has 156 valence electrons. The second-order valence-electron chi connectivity index (χ2n) is 8.37. The minimum absolute atomic E-state index is 0.651. The van der Waals surface area contributed by atoms with Gasteiger partial charge in [-0.05, 0) is 79.2 Å². The Morgan fingerprint density at radius 2 is 1.52 bits per heavy atom. The zero-order valence-electron chi connectivity index (χ0n) is 17.8. The molecule has 0 saturated heterocycles. The first-order chi connectivity index (χ1) is 14.3. The van der Waals surface area contributed by atoms with Crippen LogP contribution < -0.4 is 4.74 Å². The molecule has 2 aromatic carbocycles. The number of hydrogen-bond donors (Lipinski definition) is 0. The second kappa shape index (κ2) is 11.8. The van der Waals surface area contributed by atoms with Crippen molar-refractivity contribution in [2.24, 2.45) is 5.92 Å². The van der Waals surface area contributed by atoms with Gasteiger partial charge >= 0.3 is 0 Å². The van der Waals surface area contributed by atoms with E-state index in [0.717, 1.165) is 25.2 Å². The molecule has 1 fully saturated rings. The van der Waals surface area contributed by atoms with Gasteiger partial charge in [0.15, 0.2) is 0 Å². The Labute approximate surface area is 176 Å². The summed E-state index contributed by atoms with van der Waals surface area (Å²) in [6.07, 6.45) is 13.0. The van der Waals surface area contributed by atoms with Crippen LogP contribution in [-0.4, -0.2) is 6.61 Å². The van der Waals surface area contributed by atoms with Crippen LogP contribution in [-0.2, 0) is 0 Å². The van der Waals surface area contributed by atoms with E-state index >= 15 is 0 Å². The number of unbranched alkanes of at least 4 members (excludes halogenated alkanes) is 3. The molecule has 0 N–H and O–H groups in total. The minimum atomic E-state index is 0.651. The van der Waals surface area contributed by atoms with E-state index in [2.05, 4.69) is 55.5 Å². The minimum Gasteiger partial charge on any atom is -0.494 e. The fraction of sp³-hybridized carbons (Fsp3) is 0.481. The lowest BCUT2D eigenvalue weighted by Gasteiger charge is -2.28. The zero-order valence-corrected chi connectivity index (χ0v) is 17.8. The van der Waals surface area contributed by atoms with Crippen LogP contribution in [0.1, 0.15) is 76.2 Å². The molecular formula is C27H35FO. The third kappa shape index (κ3) is 6.73. The van der Waals surface area contributed by atoms with Crippen LogP contribution in [0.2, 0.25) is 0 Å². The lowest BCUT2D eigenvalue weighted by molar-refractivity contribution is 0.305. The van der Waals surface area contributed by atoms with Gasteiger partial charge in [0.05, 0.1) is 12.9 Å². The van der Waals surface area contributed by atoms with E-state index in [0.29, 0.717) is 18.2 Å². The summed E-state index contributed by atoms with van der Waals surface area (Å²) in [6.45, 7) is 3.03. The van der Waals surface area contributed by atoms with Gasteiger partial charge in [-0.3, -0.25) is 0 Å². The average molecular weight is 395 g/mol. The highest BCUT2D eigenvalue weighted by Gasteiger charge is 2.21. The number of halogens is 1. The van der Waals surface area contributed by atoms with Crippen molar-refractivity contribution in [2.45, 2.75) is 70.6 Å². The molecule has 1 aliphatic rings. The Hall–Kier alpha value is -2.09. The average Bonchev–Trinajstić information content (AvgIpc) is 2.78. The largest absolute Gasteiger partial charge is 0.494 e. The van der Waals surface area contributed by atoms with Crippen molar-refractivity contribution in [1.82, 2.24) is 0 Å². The Bertz CT molecular complexity index is 724. The molecule has 0 atom stereocenters. The third-order valence-electron chi connectivity index (χ3n) is 6.24. The van der Waals surface area contributed by atoms with Crippen LogP contribution in [0.5, 0.6) is 5.75 Å². The highest BCUT2D eigenvalue weighted by atomic mass is 19.1.